The maximum absolute atomic E-state index is 10.1. The Balaban J connectivity index is 2.37. The van der Waals surface area contributed by atoms with Crippen LogP contribution in [0.25, 0.3) is 0 Å². The van der Waals surface area contributed by atoms with E-state index in [0.717, 1.165) is 18.7 Å². The maximum Gasteiger partial charge on any atom is 0.298 e. The zero-order valence-corrected chi connectivity index (χ0v) is 8.19. The summed E-state index contributed by atoms with van der Waals surface area (Å²) in [5.74, 6) is 1.08. The van der Waals surface area contributed by atoms with Gasteiger partial charge in [-0.1, -0.05) is 6.58 Å². The van der Waals surface area contributed by atoms with Crippen LogP contribution in [0.15, 0.2) is 30.0 Å². The van der Waals surface area contributed by atoms with Crippen LogP contribution in [0.3, 0.4) is 0 Å². The highest BCUT2D eigenvalue weighted by Gasteiger charge is 2.05. The molecule has 0 saturated heterocycles. The van der Waals surface area contributed by atoms with Crippen LogP contribution in [0.1, 0.15) is 13.3 Å². The van der Waals surface area contributed by atoms with E-state index < -0.39 is 0 Å². The Hall–Kier alpha value is -1.65. The van der Waals surface area contributed by atoms with Crippen LogP contribution in [0, 0.1) is 4.91 Å². The summed E-state index contributed by atoms with van der Waals surface area (Å²) in [4.78, 5) is 12.8. The van der Waals surface area contributed by atoms with Crippen molar-refractivity contribution in [1.29, 1.82) is 0 Å². The molecule has 0 saturated carbocycles. The van der Waals surface area contributed by atoms with Gasteiger partial charge >= 0.3 is 0 Å². The fraction of sp³-hybridized carbons (Fsp3) is 0.444. The third kappa shape index (κ3) is 3.01. The van der Waals surface area contributed by atoms with E-state index in [4.69, 9.17) is 4.74 Å². The highest BCUT2D eigenvalue weighted by Crippen LogP contribution is 2.03. The molecule has 5 heteroatoms. The van der Waals surface area contributed by atoms with Crippen LogP contribution in [0.4, 0.5) is 5.82 Å². The van der Waals surface area contributed by atoms with Crippen LogP contribution in [-0.2, 0) is 11.3 Å². The molecule has 0 atom stereocenters. The smallest absolute Gasteiger partial charge is 0.298 e. The van der Waals surface area contributed by atoms with Crippen LogP contribution < -0.4 is 4.57 Å². The average Bonchev–Trinajstić information content (AvgIpc) is 2.63. The maximum atomic E-state index is 10.1. The minimum Gasteiger partial charge on any atom is -0.499 e. The SMILES string of the molecule is C=C(CC[n+]1c[nH]c(N=O)c1)OCC. The van der Waals surface area contributed by atoms with Crippen LogP contribution in [0.5, 0.6) is 0 Å². The molecule has 0 fully saturated rings. The third-order valence-electron chi connectivity index (χ3n) is 1.76. The molecule has 0 radical (unpaired) electrons. The van der Waals surface area contributed by atoms with Gasteiger partial charge in [-0.05, 0) is 6.92 Å². The summed E-state index contributed by atoms with van der Waals surface area (Å²) in [6, 6.07) is 0. The number of aryl methyl sites for hydroxylation is 1. The van der Waals surface area contributed by atoms with Gasteiger partial charge < -0.3 is 4.74 Å². The Kier molecular flexibility index (Phi) is 3.84. The predicted octanol–water partition coefficient (Wildman–Crippen LogP) is 1.64. The number of nitrogens with one attached hydrogen (secondary N) is 1. The fourth-order valence-electron chi connectivity index (χ4n) is 1.09. The van der Waals surface area contributed by atoms with Gasteiger partial charge in [0.15, 0.2) is 6.20 Å². The van der Waals surface area contributed by atoms with E-state index in [2.05, 4.69) is 16.7 Å². The summed E-state index contributed by atoms with van der Waals surface area (Å²) in [6.07, 6.45) is 4.07. The third-order valence-corrected chi connectivity index (χ3v) is 1.76. The number of hydrogen-bond acceptors (Lipinski definition) is 3. The molecule has 1 N–H and O–H groups in total. The summed E-state index contributed by atoms with van der Waals surface area (Å²) >= 11 is 0. The van der Waals surface area contributed by atoms with E-state index in [1.165, 1.54) is 0 Å². The number of allylic oxidation sites excluding steroid dienone is 1. The van der Waals surface area contributed by atoms with Gasteiger partial charge in [-0.25, -0.2) is 9.55 Å². The molecular formula is C9H14N3O2+. The van der Waals surface area contributed by atoms with Crippen molar-refractivity contribution in [3.8, 4) is 0 Å². The topological polar surface area (TPSA) is 58.3 Å². The Morgan fingerprint density at radius 2 is 2.57 bits per heavy atom. The zero-order chi connectivity index (χ0) is 10.4. The number of imidazole rings is 1. The van der Waals surface area contributed by atoms with Gasteiger partial charge in [-0.3, -0.25) is 0 Å². The van der Waals surface area contributed by atoms with Gasteiger partial charge in [-0.2, -0.15) is 0 Å². The number of H-pyrrole nitrogens is 1. The molecule has 1 aromatic heterocycles. The lowest BCUT2D eigenvalue weighted by molar-refractivity contribution is -0.695. The summed E-state index contributed by atoms with van der Waals surface area (Å²) < 4.78 is 7.03. The molecule has 0 aromatic carbocycles. The molecule has 0 spiro atoms. The molecule has 76 valence electrons. The number of ether oxygens (including phenoxy) is 1. The van der Waals surface area contributed by atoms with Gasteiger partial charge in [0, 0.05) is 11.6 Å². The first-order chi connectivity index (χ1) is 6.76. The van der Waals surface area contributed by atoms with Crippen LogP contribution in [0.2, 0.25) is 0 Å². The Morgan fingerprint density at radius 3 is 3.14 bits per heavy atom. The number of rotatable bonds is 6. The van der Waals surface area contributed by atoms with Crippen molar-refractivity contribution >= 4 is 5.82 Å². The molecule has 5 nitrogen and oxygen atoms in total. The second-order valence-electron chi connectivity index (χ2n) is 2.84. The first-order valence-electron chi connectivity index (χ1n) is 4.47. The summed E-state index contributed by atoms with van der Waals surface area (Å²) in [5, 5.41) is 2.77. The van der Waals surface area contributed by atoms with Crippen molar-refractivity contribution < 1.29 is 9.30 Å². The summed E-state index contributed by atoms with van der Waals surface area (Å²) in [7, 11) is 0. The molecule has 1 rings (SSSR count). The van der Waals surface area contributed by atoms with E-state index in [0.29, 0.717) is 12.4 Å². The lowest BCUT2D eigenvalue weighted by Gasteiger charge is -2.03. The summed E-state index contributed by atoms with van der Waals surface area (Å²) in [5.41, 5.74) is 0. The number of nitrogens with zero attached hydrogens (tertiary/aromatic N) is 2. The fourth-order valence-corrected chi connectivity index (χ4v) is 1.09. The summed E-state index contributed by atoms with van der Waals surface area (Å²) in [6.45, 7) is 7.04. The minimum atomic E-state index is 0.326. The van der Waals surface area contributed by atoms with Gasteiger partial charge in [0.25, 0.3) is 5.82 Å². The van der Waals surface area contributed by atoms with Crippen molar-refractivity contribution in [2.75, 3.05) is 6.61 Å². The quantitative estimate of drug-likeness (QED) is 0.427. The molecule has 1 aromatic rings. The molecule has 0 aliphatic rings. The molecule has 0 aliphatic carbocycles. The molecule has 0 unspecified atom stereocenters. The predicted molar refractivity (Wildman–Crippen MR) is 51.8 cm³/mol. The highest BCUT2D eigenvalue weighted by atomic mass is 16.5. The van der Waals surface area contributed by atoms with Gasteiger partial charge in [-0.15, -0.1) is 4.91 Å². The monoisotopic (exact) mass is 196 g/mol. The lowest BCUT2D eigenvalue weighted by Crippen LogP contribution is -2.30. The molecule has 14 heavy (non-hydrogen) atoms. The molecule has 0 amide bonds. The Labute approximate surface area is 82.4 Å². The Morgan fingerprint density at radius 1 is 1.79 bits per heavy atom. The van der Waals surface area contributed by atoms with Crippen molar-refractivity contribution in [2.24, 2.45) is 5.18 Å². The van der Waals surface area contributed by atoms with E-state index in [-0.39, 0.29) is 0 Å². The minimum absolute atomic E-state index is 0.326. The van der Waals surface area contributed by atoms with Crippen molar-refractivity contribution in [2.45, 2.75) is 19.9 Å². The first kappa shape index (κ1) is 10.4. The van der Waals surface area contributed by atoms with Gasteiger partial charge in [0.2, 0.25) is 6.33 Å². The number of hydrogen-bond donors (Lipinski definition) is 1. The second kappa shape index (κ2) is 5.16. The van der Waals surface area contributed by atoms with Gasteiger partial charge in [0.1, 0.15) is 0 Å². The zero-order valence-electron chi connectivity index (χ0n) is 8.19. The first-order valence-corrected chi connectivity index (χ1v) is 4.47. The lowest BCUT2D eigenvalue weighted by atomic mass is 10.4. The molecular weight excluding hydrogens is 182 g/mol. The van der Waals surface area contributed by atoms with Crippen molar-refractivity contribution in [3.63, 3.8) is 0 Å². The van der Waals surface area contributed by atoms with E-state index >= 15 is 0 Å². The van der Waals surface area contributed by atoms with E-state index in [1.807, 2.05) is 11.5 Å². The van der Waals surface area contributed by atoms with Crippen LogP contribution >= 0.6 is 0 Å². The second-order valence-corrected chi connectivity index (χ2v) is 2.84. The molecule has 1 heterocycles. The normalized spacial score (nSPS) is 9.79. The highest BCUT2D eigenvalue weighted by molar-refractivity contribution is 5.16. The number of nitroso groups, excluding NO2 is 1. The average molecular weight is 196 g/mol. The van der Waals surface area contributed by atoms with E-state index in [9.17, 15) is 4.91 Å². The molecule has 0 bridgehead atoms. The van der Waals surface area contributed by atoms with E-state index in [1.54, 1.807) is 12.5 Å². The largest absolute Gasteiger partial charge is 0.499 e. The Bertz CT molecular complexity index is 320. The number of aromatic nitrogens is 2. The van der Waals surface area contributed by atoms with Crippen LogP contribution in [-0.4, -0.2) is 11.6 Å². The van der Waals surface area contributed by atoms with Crippen molar-refractivity contribution in [1.82, 2.24) is 4.98 Å². The number of aromatic amines is 1. The standard InChI is InChI=1S/C9H13N3O2/c1-3-14-8(2)4-5-12-6-9(11-13)10-7-12/h6-7H,2-5H2,1H3/p+1. The van der Waals surface area contributed by atoms with Gasteiger partial charge in [0.05, 0.1) is 18.9 Å². The molecule has 0 aliphatic heterocycles. The van der Waals surface area contributed by atoms with Crippen molar-refractivity contribution in [3.05, 3.63) is 29.8 Å².